The van der Waals surface area contributed by atoms with Gasteiger partial charge in [0.1, 0.15) is 11.9 Å². The Morgan fingerprint density at radius 3 is 2.80 bits per heavy atom. The number of urea groups is 1. The van der Waals surface area contributed by atoms with Crippen LogP contribution in [0.15, 0.2) is 29.6 Å². The summed E-state index contributed by atoms with van der Waals surface area (Å²) in [6, 6.07) is 4.60. The SMILES string of the molecule is Cc1nc(CNC(=O)C2CSCN2C(=O)Nc2ccc(F)cc2)cs1. The lowest BCUT2D eigenvalue weighted by Crippen LogP contribution is -2.48. The van der Waals surface area contributed by atoms with Gasteiger partial charge < -0.3 is 15.5 Å². The molecule has 0 spiro atoms. The molecule has 1 aliphatic rings. The second-order valence-electron chi connectivity index (χ2n) is 5.50. The number of anilines is 1. The molecule has 0 bridgehead atoms. The molecule has 2 N–H and O–H groups in total. The summed E-state index contributed by atoms with van der Waals surface area (Å²) >= 11 is 3.04. The van der Waals surface area contributed by atoms with Gasteiger partial charge in [0.15, 0.2) is 0 Å². The molecule has 1 atom stereocenters. The molecule has 1 aromatic heterocycles. The van der Waals surface area contributed by atoms with Gasteiger partial charge in [-0.3, -0.25) is 4.79 Å². The molecular formula is C16H17FN4O2S2. The summed E-state index contributed by atoms with van der Waals surface area (Å²) in [7, 11) is 0. The number of aryl methyl sites for hydroxylation is 1. The first-order valence-corrected chi connectivity index (χ1v) is 9.66. The number of hydrogen-bond acceptors (Lipinski definition) is 5. The van der Waals surface area contributed by atoms with Gasteiger partial charge in [-0.2, -0.15) is 0 Å². The number of amides is 3. The van der Waals surface area contributed by atoms with Gasteiger partial charge in [-0.05, 0) is 31.2 Å². The maximum Gasteiger partial charge on any atom is 0.323 e. The van der Waals surface area contributed by atoms with E-state index in [4.69, 9.17) is 0 Å². The quantitative estimate of drug-likeness (QED) is 0.855. The van der Waals surface area contributed by atoms with Crippen molar-refractivity contribution in [3.63, 3.8) is 0 Å². The average Bonchev–Trinajstić information content (AvgIpc) is 3.23. The Morgan fingerprint density at radius 1 is 1.36 bits per heavy atom. The van der Waals surface area contributed by atoms with E-state index in [1.54, 1.807) is 0 Å². The van der Waals surface area contributed by atoms with Crippen LogP contribution in [0.3, 0.4) is 0 Å². The first-order valence-electron chi connectivity index (χ1n) is 7.62. The minimum atomic E-state index is -0.537. The lowest BCUT2D eigenvalue weighted by atomic mass is 10.2. The van der Waals surface area contributed by atoms with Gasteiger partial charge in [0.25, 0.3) is 0 Å². The molecule has 25 heavy (non-hydrogen) atoms. The number of carbonyl (C=O) groups excluding carboxylic acids is 2. The van der Waals surface area contributed by atoms with E-state index in [-0.39, 0.29) is 17.8 Å². The van der Waals surface area contributed by atoms with Gasteiger partial charge in [-0.15, -0.1) is 23.1 Å². The summed E-state index contributed by atoms with van der Waals surface area (Å²) in [6.07, 6.45) is 0. The Balaban J connectivity index is 1.58. The summed E-state index contributed by atoms with van der Waals surface area (Å²) in [4.78, 5) is 30.6. The molecule has 1 aromatic carbocycles. The molecule has 132 valence electrons. The Hall–Kier alpha value is -2.13. The molecule has 3 amide bonds. The van der Waals surface area contributed by atoms with Crippen LogP contribution < -0.4 is 10.6 Å². The summed E-state index contributed by atoms with van der Waals surface area (Å²) < 4.78 is 12.9. The van der Waals surface area contributed by atoms with Crippen molar-refractivity contribution in [3.05, 3.63) is 46.2 Å². The maximum atomic E-state index is 12.9. The highest BCUT2D eigenvalue weighted by molar-refractivity contribution is 7.99. The molecule has 1 fully saturated rings. The van der Waals surface area contributed by atoms with Gasteiger partial charge in [0.05, 0.1) is 23.1 Å². The van der Waals surface area contributed by atoms with Crippen molar-refractivity contribution < 1.29 is 14.0 Å². The lowest BCUT2D eigenvalue weighted by Gasteiger charge is -2.23. The van der Waals surface area contributed by atoms with Crippen LogP contribution in [-0.2, 0) is 11.3 Å². The summed E-state index contributed by atoms with van der Waals surface area (Å²) in [5, 5.41) is 8.37. The summed E-state index contributed by atoms with van der Waals surface area (Å²) in [5.74, 6) is 0.397. The fourth-order valence-electron chi connectivity index (χ4n) is 2.37. The first kappa shape index (κ1) is 17.7. The average molecular weight is 380 g/mol. The number of thioether (sulfide) groups is 1. The lowest BCUT2D eigenvalue weighted by molar-refractivity contribution is -0.124. The Labute approximate surface area is 152 Å². The van der Waals surface area contributed by atoms with Crippen molar-refractivity contribution in [1.82, 2.24) is 15.2 Å². The number of thiazole rings is 1. The van der Waals surface area contributed by atoms with Crippen molar-refractivity contribution in [2.24, 2.45) is 0 Å². The molecule has 6 nitrogen and oxygen atoms in total. The molecule has 2 heterocycles. The Bertz CT molecular complexity index is 766. The highest BCUT2D eigenvalue weighted by Crippen LogP contribution is 2.22. The van der Waals surface area contributed by atoms with Gasteiger partial charge >= 0.3 is 6.03 Å². The van der Waals surface area contributed by atoms with Crippen LogP contribution in [0.1, 0.15) is 10.7 Å². The Kier molecular flexibility index (Phi) is 5.54. The molecular weight excluding hydrogens is 363 g/mol. The van der Waals surface area contributed by atoms with Crippen LogP contribution in [0.25, 0.3) is 0 Å². The van der Waals surface area contributed by atoms with Crippen molar-refractivity contribution in [1.29, 1.82) is 0 Å². The van der Waals surface area contributed by atoms with Crippen LogP contribution in [0.5, 0.6) is 0 Å². The summed E-state index contributed by atoms with van der Waals surface area (Å²) in [6.45, 7) is 2.25. The highest BCUT2D eigenvalue weighted by Gasteiger charge is 2.34. The largest absolute Gasteiger partial charge is 0.349 e. The summed E-state index contributed by atoms with van der Waals surface area (Å²) in [5.41, 5.74) is 1.30. The number of aromatic nitrogens is 1. The second kappa shape index (κ2) is 7.83. The number of rotatable bonds is 4. The van der Waals surface area contributed by atoms with E-state index in [1.165, 1.54) is 52.3 Å². The molecule has 1 aliphatic heterocycles. The van der Waals surface area contributed by atoms with Crippen LogP contribution in [0, 0.1) is 12.7 Å². The molecule has 2 aromatic rings. The van der Waals surface area contributed by atoms with Gasteiger partial charge in [-0.25, -0.2) is 14.2 Å². The van der Waals surface area contributed by atoms with E-state index in [9.17, 15) is 14.0 Å². The smallest absolute Gasteiger partial charge is 0.323 e. The number of halogens is 1. The fourth-order valence-corrected chi connectivity index (χ4v) is 4.14. The first-order chi connectivity index (χ1) is 12.0. The van der Waals surface area contributed by atoms with E-state index in [0.29, 0.717) is 23.9 Å². The molecule has 1 saturated heterocycles. The predicted molar refractivity (Wildman–Crippen MR) is 97.1 cm³/mol. The third-order valence-corrected chi connectivity index (χ3v) is 5.49. The molecule has 0 aliphatic carbocycles. The van der Waals surface area contributed by atoms with E-state index >= 15 is 0 Å². The van der Waals surface area contributed by atoms with Gasteiger partial charge in [0.2, 0.25) is 5.91 Å². The number of nitrogens with zero attached hydrogens (tertiary/aromatic N) is 2. The molecule has 9 heteroatoms. The Morgan fingerprint density at radius 2 is 2.12 bits per heavy atom. The number of carbonyl (C=O) groups is 2. The fraction of sp³-hybridized carbons (Fsp3) is 0.312. The third kappa shape index (κ3) is 4.49. The van der Waals surface area contributed by atoms with E-state index < -0.39 is 6.04 Å². The number of nitrogens with one attached hydrogen (secondary N) is 2. The standard InChI is InChI=1S/C16H17FN4O2S2/c1-10-19-13(7-25-10)6-18-15(22)14-8-24-9-21(14)16(23)20-12-4-2-11(17)3-5-12/h2-5,7,14H,6,8-9H2,1H3,(H,18,22)(H,20,23). The predicted octanol–water partition coefficient (Wildman–Crippen LogP) is 2.81. The zero-order valence-corrected chi connectivity index (χ0v) is 15.1. The molecule has 3 rings (SSSR count). The topological polar surface area (TPSA) is 74.3 Å². The van der Waals surface area contributed by atoms with Crippen molar-refractivity contribution in [2.75, 3.05) is 16.9 Å². The number of hydrogen-bond donors (Lipinski definition) is 2. The third-order valence-electron chi connectivity index (χ3n) is 3.65. The van der Waals surface area contributed by atoms with Crippen LogP contribution in [-0.4, -0.2) is 39.5 Å². The van der Waals surface area contributed by atoms with E-state index in [1.807, 2.05) is 12.3 Å². The normalized spacial score (nSPS) is 16.7. The van der Waals surface area contributed by atoms with Gasteiger partial charge in [0, 0.05) is 16.8 Å². The number of benzene rings is 1. The van der Waals surface area contributed by atoms with Crippen LogP contribution in [0.2, 0.25) is 0 Å². The van der Waals surface area contributed by atoms with Crippen molar-refractivity contribution >= 4 is 40.7 Å². The highest BCUT2D eigenvalue weighted by atomic mass is 32.2. The second-order valence-corrected chi connectivity index (χ2v) is 7.56. The van der Waals surface area contributed by atoms with Crippen LogP contribution in [0.4, 0.5) is 14.9 Å². The monoisotopic (exact) mass is 380 g/mol. The zero-order valence-electron chi connectivity index (χ0n) is 13.5. The maximum absolute atomic E-state index is 12.9. The van der Waals surface area contributed by atoms with Crippen molar-refractivity contribution in [2.45, 2.75) is 19.5 Å². The molecule has 1 unspecified atom stereocenters. The van der Waals surface area contributed by atoms with Crippen molar-refractivity contribution in [3.8, 4) is 0 Å². The minimum absolute atomic E-state index is 0.204. The minimum Gasteiger partial charge on any atom is -0.349 e. The molecule has 0 radical (unpaired) electrons. The van der Waals surface area contributed by atoms with E-state index in [2.05, 4.69) is 15.6 Å². The zero-order chi connectivity index (χ0) is 17.8. The molecule has 0 saturated carbocycles. The van der Waals surface area contributed by atoms with Crippen LogP contribution >= 0.6 is 23.1 Å². The van der Waals surface area contributed by atoms with Gasteiger partial charge in [-0.1, -0.05) is 0 Å². The van der Waals surface area contributed by atoms with E-state index in [0.717, 1.165) is 10.7 Å².